The average molecular weight is 430 g/mol. The Balaban J connectivity index is 0.00000259. The smallest absolute Gasteiger partial charge is 0.227 e. The second-order valence-electron chi connectivity index (χ2n) is 7.73. The van der Waals surface area contributed by atoms with Crippen molar-refractivity contribution in [1.29, 1.82) is 0 Å². The number of nitrogens with zero attached hydrogens (tertiary/aromatic N) is 4. The number of fused-ring (bicyclic) bond motifs is 2. The Hall–Kier alpha value is -3.74. The molecule has 0 unspecified atom stereocenters. The maximum atomic E-state index is 6.07. The molecule has 0 spiro atoms. The lowest BCUT2D eigenvalue weighted by Crippen LogP contribution is -2.02. The third-order valence-electron chi connectivity index (χ3n) is 5.39. The zero-order valence-electron chi connectivity index (χ0n) is 17.8. The molecule has 164 valence electrons. The summed E-state index contributed by atoms with van der Waals surface area (Å²) in [6.45, 7) is 1.25. The summed E-state index contributed by atoms with van der Waals surface area (Å²) in [5.74, 6) is 1.87. The standard InChI is InChI=1S/C25H25N5O2.H2/c1-2-4-6-13-31-22-10-8-9-18-16-26-25(30-23(18)22)29-19-11-12-21-20(15-19)24(28-17-27-21)32-14-7-5-3-1;/h3,5,8-12,15-17H,1-2,4,6-7,13-14H2,(H,26,29,30);1H/b5-3+;. The SMILES string of the molecule is C1=C/CCOc2ncnc3ccc(cc23)Nc2ncc3cccc(c3n2)OCCCCC/1.[HH]. The number of anilines is 2. The summed E-state index contributed by atoms with van der Waals surface area (Å²) in [5.41, 5.74) is 2.47. The zero-order valence-corrected chi connectivity index (χ0v) is 17.8. The van der Waals surface area contributed by atoms with Crippen LogP contribution in [-0.4, -0.2) is 33.1 Å². The number of allylic oxidation sites excluding steroid dienone is 1. The van der Waals surface area contributed by atoms with Crippen LogP contribution in [0.25, 0.3) is 21.8 Å². The van der Waals surface area contributed by atoms with Crippen LogP contribution in [0.3, 0.4) is 0 Å². The van der Waals surface area contributed by atoms with E-state index < -0.39 is 0 Å². The van der Waals surface area contributed by atoms with Gasteiger partial charge in [-0.15, -0.1) is 0 Å². The van der Waals surface area contributed by atoms with E-state index in [-0.39, 0.29) is 1.43 Å². The Bertz CT molecular complexity index is 1260. The van der Waals surface area contributed by atoms with Crippen LogP contribution in [-0.2, 0) is 0 Å². The monoisotopic (exact) mass is 429 g/mol. The van der Waals surface area contributed by atoms with Crippen LogP contribution in [0.15, 0.2) is 61.1 Å². The fraction of sp³-hybridized carbons (Fsp3) is 0.280. The lowest BCUT2D eigenvalue weighted by atomic mass is 10.2. The van der Waals surface area contributed by atoms with Crippen molar-refractivity contribution in [2.45, 2.75) is 32.1 Å². The van der Waals surface area contributed by atoms with E-state index in [1.54, 1.807) is 0 Å². The van der Waals surface area contributed by atoms with Crippen molar-refractivity contribution >= 4 is 33.4 Å². The molecule has 3 heterocycles. The Morgan fingerprint density at radius 2 is 1.84 bits per heavy atom. The Morgan fingerprint density at radius 1 is 0.875 bits per heavy atom. The topological polar surface area (TPSA) is 82.1 Å². The van der Waals surface area contributed by atoms with Gasteiger partial charge in [0.2, 0.25) is 11.8 Å². The predicted octanol–water partition coefficient (Wildman–Crippen LogP) is 5.84. The van der Waals surface area contributed by atoms with E-state index in [2.05, 4.69) is 32.4 Å². The van der Waals surface area contributed by atoms with Gasteiger partial charge in [0.15, 0.2) is 0 Å². The quantitative estimate of drug-likeness (QED) is 0.352. The van der Waals surface area contributed by atoms with Gasteiger partial charge in [0.1, 0.15) is 17.6 Å². The third kappa shape index (κ3) is 4.61. The molecule has 1 aliphatic rings. The van der Waals surface area contributed by atoms with Gasteiger partial charge < -0.3 is 14.8 Å². The molecule has 1 aliphatic heterocycles. The predicted molar refractivity (Wildman–Crippen MR) is 128 cm³/mol. The highest BCUT2D eigenvalue weighted by atomic mass is 16.5. The second kappa shape index (κ2) is 9.60. The van der Waals surface area contributed by atoms with E-state index in [4.69, 9.17) is 14.5 Å². The number of benzene rings is 2. The fourth-order valence-corrected chi connectivity index (χ4v) is 3.74. The molecule has 0 amide bonds. The highest BCUT2D eigenvalue weighted by Crippen LogP contribution is 2.28. The van der Waals surface area contributed by atoms with Crippen LogP contribution in [0.1, 0.15) is 33.5 Å². The van der Waals surface area contributed by atoms with Gasteiger partial charge in [-0.05, 0) is 56.4 Å². The summed E-state index contributed by atoms with van der Waals surface area (Å²) in [4.78, 5) is 17.9. The van der Waals surface area contributed by atoms with Gasteiger partial charge in [0.05, 0.1) is 24.1 Å². The molecule has 0 fully saturated rings. The van der Waals surface area contributed by atoms with Crippen molar-refractivity contribution in [2.24, 2.45) is 0 Å². The number of ether oxygens (including phenoxy) is 2. The van der Waals surface area contributed by atoms with Gasteiger partial charge >= 0.3 is 0 Å². The number of hydrogen-bond acceptors (Lipinski definition) is 7. The van der Waals surface area contributed by atoms with Crippen LogP contribution in [0, 0.1) is 0 Å². The van der Waals surface area contributed by atoms with E-state index in [0.717, 1.165) is 65.3 Å². The van der Waals surface area contributed by atoms with Crippen molar-refractivity contribution < 1.29 is 10.9 Å². The van der Waals surface area contributed by atoms with E-state index >= 15 is 0 Å². The van der Waals surface area contributed by atoms with E-state index in [1.807, 2.05) is 42.6 Å². The van der Waals surface area contributed by atoms with Gasteiger partial charge in [-0.1, -0.05) is 24.3 Å². The molecule has 0 radical (unpaired) electrons. The molecule has 5 rings (SSSR count). The van der Waals surface area contributed by atoms with Crippen LogP contribution in [0.5, 0.6) is 11.6 Å². The zero-order chi connectivity index (χ0) is 21.6. The summed E-state index contributed by atoms with van der Waals surface area (Å²) >= 11 is 0. The molecule has 4 bridgehead atoms. The van der Waals surface area contributed by atoms with Crippen molar-refractivity contribution in [3.63, 3.8) is 0 Å². The molecule has 0 aliphatic carbocycles. The molecule has 2 aromatic carbocycles. The van der Waals surface area contributed by atoms with Gasteiger partial charge in [-0.2, -0.15) is 0 Å². The van der Waals surface area contributed by atoms with E-state index in [9.17, 15) is 0 Å². The van der Waals surface area contributed by atoms with Crippen molar-refractivity contribution in [2.75, 3.05) is 18.5 Å². The highest BCUT2D eigenvalue weighted by molar-refractivity contribution is 5.88. The van der Waals surface area contributed by atoms with Crippen molar-refractivity contribution in [1.82, 2.24) is 19.9 Å². The van der Waals surface area contributed by atoms with Crippen LogP contribution in [0.4, 0.5) is 11.6 Å². The molecule has 0 saturated carbocycles. The maximum Gasteiger partial charge on any atom is 0.227 e. The van der Waals surface area contributed by atoms with Gasteiger partial charge in [-0.3, -0.25) is 0 Å². The van der Waals surface area contributed by atoms with Gasteiger partial charge in [-0.25, -0.2) is 19.9 Å². The lowest BCUT2D eigenvalue weighted by Gasteiger charge is -2.11. The number of para-hydroxylation sites is 1. The molecule has 0 atom stereocenters. The van der Waals surface area contributed by atoms with Crippen LogP contribution < -0.4 is 14.8 Å². The molecular formula is C25H27N5O2. The second-order valence-corrected chi connectivity index (χ2v) is 7.73. The Kier molecular flexibility index (Phi) is 6.05. The Labute approximate surface area is 188 Å². The first-order valence-corrected chi connectivity index (χ1v) is 11.0. The number of rotatable bonds is 0. The fourth-order valence-electron chi connectivity index (χ4n) is 3.74. The third-order valence-corrected chi connectivity index (χ3v) is 5.39. The summed E-state index contributed by atoms with van der Waals surface area (Å²) in [7, 11) is 0. The van der Waals surface area contributed by atoms with E-state index in [1.165, 1.54) is 6.33 Å². The first-order valence-electron chi connectivity index (χ1n) is 11.0. The average Bonchev–Trinajstić information content (AvgIpc) is 2.82. The summed E-state index contributed by atoms with van der Waals surface area (Å²) in [5, 5.41) is 5.09. The summed E-state index contributed by atoms with van der Waals surface area (Å²) in [6.07, 6.45) is 12.9. The van der Waals surface area contributed by atoms with Crippen LogP contribution >= 0.6 is 0 Å². The minimum absolute atomic E-state index is 0. The molecule has 32 heavy (non-hydrogen) atoms. The van der Waals surface area contributed by atoms with E-state index in [0.29, 0.717) is 25.0 Å². The largest absolute Gasteiger partial charge is 0.491 e. The number of hydrogen-bond donors (Lipinski definition) is 1. The van der Waals surface area contributed by atoms with Crippen molar-refractivity contribution in [3.05, 3.63) is 61.1 Å². The first kappa shape index (κ1) is 20.2. The minimum Gasteiger partial charge on any atom is -0.491 e. The summed E-state index contributed by atoms with van der Waals surface area (Å²) < 4.78 is 12.0. The molecule has 4 aromatic rings. The normalized spacial score (nSPS) is 16.2. The highest BCUT2D eigenvalue weighted by Gasteiger charge is 2.10. The van der Waals surface area contributed by atoms with Crippen molar-refractivity contribution in [3.8, 4) is 11.6 Å². The molecular weight excluding hydrogens is 402 g/mol. The van der Waals surface area contributed by atoms with Gasteiger partial charge in [0, 0.05) is 18.7 Å². The maximum absolute atomic E-state index is 6.07. The molecule has 1 N–H and O–H groups in total. The molecule has 2 aromatic heterocycles. The molecule has 7 nitrogen and oxygen atoms in total. The molecule has 0 saturated heterocycles. The number of nitrogens with one attached hydrogen (secondary N) is 1. The number of aromatic nitrogens is 4. The molecule has 7 heteroatoms. The minimum atomic E-state index is 0. The summed E-state index contributed by atoms with van der Waals surface area (Å²) in [6, 6.07) is 11.8. The first-order chi connectivity index (χ1) is 15.9. The van der Waals surface area contributed by atoms with Crippen LogP contribution in [0.2, 0.25) is 0 Å². The lowest BCUT2D eigenvalue weighted by molar-refractivity contribution is 0.308. The Morgan fingerprint density at radius 3 is 2.84 bits per heavy atom. The van der Waals surface area contributed by atoms with Gasteiger partial charge in [0.25, 0.3) is 0 Å².